The molecule has 1 aliphatic heterocycles. The Bertz CT molecular complexity index is 1850. The fraction of sp³-hybridized carbons (Fsp3) is 0.243. The molecule has 0 radical (unpaired) electrons. The second-order valence-corrected chi connectivity index (χ2v) is 12.6. The summed E-state index contributed by atoms with van der Waals surface area (Å²) in [4.78, 5) is 11.9. The van der Waals surface area contributed by atoms with E-state index in [1.807, 2.05) is 72.8 Å². The van der Waals surface area contributed by atoms with Crippen molar-refractivity contribution in [3.05, 3.63) is 132 Å². The quantitative estimate of drug-likeness (QED) is 0.0986. The number of benzene rings is 4. The highest BCUT2D eigenvalue weighted by atomic mass is 32.2. The van der Waals surface area contributed by atoms with Crippen molar-refractivity contribution in [2.24, 2.45) is 5.92 Å². The Morgan fingerprint density at radius 2 is 1.73 bits per heavy atom. The molecule has 0 saturated carbocycles. The number of carbonyl (C=O) groups is 1. The summed E-state index contributed by atoms with van der Waals surface area (Å²) in [5, 5.41) is 34.9. The molecule has 5 aromatic rings. The standard InChI is InChI=1S/C37H37N5O6S/c1-3-19-46-37(45)38-21-26-5-4-6-30(20-26)27-11-13-29(14-12-27)35-47-33(24(2)34(48-35)28-9-7-25(22-43)8-10-28)23-49-36-39-40-41-42(36)31-15-17-32(44)18-16-31/h3-18,20,24,33-35,43-44H,1,19,21-23H2,2H3,(H,38,45)/t24-,33+,34+,35+/m1/s1. The number of carbonyl (C=O) groups excluding carboxylic acids is 1. The minimum Gasteiger partial charge on any atom is -0.508 e. The zero-order valence-electron chi connectivity index (χ0n) is 26.9. The second kappa shape index (κ2) is 15.9. The third-order valence-corrected chi connectivity index (χ3v) is 9.26. The molecule has 0 spiro atoms. The Hall–Kier alpha value is -5.01. The van der Waals surface area contributed by atoms with Gasteiger partial charge in [0.1, 0.15) is 12.4 Å². The number of aromatic hydroxyl groups is 1. The van der Waals surface area contributed by atoms with Crippen molar-refractivity contribution in [3.63, 3.8) is 0 Å². The summed E-state index contributed by atoms with van der Waals surface area (Å²) in [6, 6.07) is 30.5. The number of nitrogens with one attached hydrogen (secondary N) is 1. The number of phenolic OH excluding ortho intramolecular Hbond substituents is 1. The normalized spacial score (nSPS) is 18.9. The van der Waals surface area contributed by atoms with E-state index < -0.39 is 12.4 Å². The average Bonchev–Trinajstić information content (AvgIpc) is 3.62. The minimum atomic E-state index is -0.636. The maximum atomic E-state index is 11.9. The van der Waals surface area contributed by atoms with Crippen LogP contribution in [-0.2, 0) is 27.4 Å². The number of tetrazole rings is 1. The molecule has 11 nitrogen and oxygen atoms in total. The largest absolute Gasteiger partial charge is 0.508 e. The molecule has 252 valence electrons. The third kappa shape index (κ3) is 8.35. The van der Waals surface area contributed by atoms with Crippen molar-refractivity contribution in [2.45, 2.75) is 43.7 Å². The van der Waals surface area contributed by atoms with E-state index in [4.69, 9.17) is 14.2 Å². The van der Waals surface area contributed by atoms with Crippen molar-refractivity contribution in [3.8, 4) is 22.6 Å². The van der Waals surface area contributed by atoms with Gasteiger partial charge < -0.3 is 29.7 Å². The number of phenols is 1. The molecule has 1 fully saturated rings. The van der Waals surface area contributed by atoms with Crippen LogP contribution < -0.4 is 5.32 Å². The van der Waals surface area contributed by atoms with E-state index >= 15 is 0 Å². The van der Waals surface area contributed by atoms with Gasteiger partial charge in [-0.25, -0.2) is 4.79 Å². The maximum absolute atomic E-state index is 11.9. The molecule has 0 unspecified atom stereocenters. The van der Waals surface area contributed by atoms with Crippen molar-refractivity contribution in [2.75, 3.05) is 12.4 Å². The predicted octanol–water partition coefficient (Wildman–Crippen LogP) is 6.52. The molecule has 1 aliphatic rings. The van der Waals surface area contributed by atoms with Crippen LogP contribution in [0, 0.1) is 5.92 Å². The van der Waals surface area contributed by atoms with E-state index in [9.17, 15) is 15.0 Å². The van der Waals surface area contributed by atoms with E-state index in [1.165, 1.54) is 17.8 Å². The van der Waals surface area contributed by atoms with E-state index in [-0.39, 0.29) is 37.1 Å². The summed E-state index contributed by atoms with van der Waals surface area (Å²) in [5.74, 6) is 0.702. The van der Waals surface area contributed by atoms with Crippen LogP contribution in [0.3, 0.4) is 0 Å². The third-order valence-electron chi connectivity index (χ3n) is 8.25. The lowest BCUT2D eigenvalue weighted by molar-refractivity contribution is -0.268. The summed E-state index contributed by atoms with van der Waals surface area (Å²) in [6.07, 6.45) is -0.102. The number of aromatic nitrogens is 4. The first kappa shape index (κ1) is 33.9. The average molecular weight is 680 g/mol. The van der Waals surface area contributed by atoms with Crippen LogP contribution in [0.15, 0.2) is 115 Å². The first-order valence-corrected chi connectivity index (χ1v) is 16.8. The molecule has 3 N–H and O–H groups in total. The molecule has 1 aromatic heterocycles. The fourth-order valence-electron chi connectivity index (χ4n) is 5.54. The zero-order chi connectivity index (χ0) is 34.2. The van der Waals surface area contributed by atoms with Crippen molar-refractivity contribution < 1.29 is 29.2 Å². The highest BCUT2D eigenvalue weighted by molar-refractivity contribution is 7.99. The molecular weight excluding hydrogens is 643 g/mol. The minimum absolute atomic E-state index is 0.0218. The molecule has 49 heavy (non-hydrogen) atoms. The fourth-order valence-corrected chi connectivity index (χ4v) is 6.60. The Labute approximate surface area is 288 Å². The molecule has 0 aliphatic carbocycles. The Morgan fingerprint density at radius 1 is 0.980 bits per heavy atom. The molecule has 1 amide bonds. The molecule has 4 atom stereocenters. The van der Waals surface area contributed by atoms with Crippen molar-refractivity contribution in [1.82, 2.24) is 25.5 Å². The molecule has 1 saturated heterocycles. The number of thioether (sulfide) groups is 1. The SMILES string of the molecule is C=CCOC(=O)NCc1cccc(-c2ccc([C@H]3O[C@@H](CSc4nnnn4-c4ccc(O)cc4)[C@@H](C)[C@@H](c4ccc(CO)cc4)O3)cc2)c1. The Balaban J connectivity index is 1.20. The highest BCUT2D eigenvalue weighted by Gasteiger charge is 2.38. The van der Waals surface area contributed by atoms with E-state index in [0.29, 0.717) is 17.5 Å². The molecule has 6 rings (SSSR count). The number of rotatable bonds is 12. The van der Waals surface area contributed by atoms with Crippen LogP contribution in [0.2, 0.25) is 0 Å². The number of hydrogen-bond acceptors (Lipinski definition) is 10. The molecule has 4 aromatic carbocycles. The van der Waals surface area contributed by atoms with E-state index in [0.717, 1.165) is 39.1 Å². The molecule has 2 heterocycles. The van der Waals surface area contributed by atoms with Crippen LogP contribution in [0.25, 0.3) is 16.8 Å². The smallest absolute Gasteiger partial charge is 0.407 e. The van der Waals surface area contributed by atoms with Gasteiger partial charge in [-0.3, -0.25) is 0 Å². The summed E-state index contributed by atoms with van der Waals surface area (Å²) in [6.45, 7) is 6.13. The van der Waals surface area contributed by atoms with Crippen LogP contribution >= 0.6 is 11.8 Å². The van der Waals surface area contributed by atoms with Gasteiger partial charge in [0, 0.05) is 23.8 Å². The molecular formula is C37H37N5O6S. The Kier molecular flexibility index (Phi) is 11.0. The number of aliphatic hydroxyl groups excluding tert-OH is 1. The lowest BCUT2D eigenvalue weighted by atomic mass is 9.91. The number of ether oxygens (including phenoxy) is 3. The summed E-state index contributed by atoms with van der Waals surface area (Å²) >= 11 is 1.49. The van der Waals surface area contributed by atoms with Gasteiger partial charge >= 0.3 is 6.09 Å². The number of aliphatic hydroxyl groups is 1. The Morgan fingerprint density at radius 3 is 2.47 bits per heavy atom. The van der Waals surface area contributed by atoms with Crippen LogP contribution in [0.5, 0.6) is 5.75 Å². The van der Waals surface area contributed by atoms with Gasteiger partial charge in [0.15, 0.2) is 6.29 Å². The zero-order valence-corrected chi connectivity index (χ0v) is 27.7. The van der Waals surface area contributed by atoms with Gasteiger partial charge in [0.2, 0.25) is 5.16 Å². The van der Waals surface area contributed by atoms with Crippen LogP contribution in [0.4, 0.5) is 4.79 Å². The number of amides is 1. The summed E-state index contributed by atoms with van der Waals surface area (Å²) in [7, 11) is 0. The number of alkyl carbamates (subject to hydrolysis) is 1. The van der Waals surface area contributed by atoms with Gasteiger partial charge in [0.05, 0.1) is 24.5 Å². The van der Waals surface area contributed by atoms with Gasteiger partial charge in [-0.1, -0.05) is 98.1 Å². The van der Waals surface area contributed by atoms with Crippen molar-refractivity contribution in [1.29, 1.82) is 0 Å². The van der Waals surface area contributed by atoms with Gasteiger partial charge in [-0.05, 0) is 68.6 Å². The van der Waals surface area contributed by atoms with Gasteiger partial charge in [-0.15, -0.1) is 5.10 Å². The predicted molar refractivity (Wildman–Crippen MR) is 185 cm³/mol. The topological polar surface area (TPSA) is 141 Å². The van der Waals surface area contributed by atoms with Crippen LogP contribution in [-0.4, -0.2) is 55.0 Å². The second-order valence-electron chi connectivity index (χ2n) is 11.6. The maximum Gasteiger partial charge on any atom is 0.407 e. The van der Waals surface area contributed by atoms with Crippen molar-refractivity contribution >= 4 is 17.9 Å². The summed E-state index contributed by atoms with van der Waals surface area (Å²) < 4.78 is 19.9. The van der Waals surface area contributed by atoms with E-state index in [1.54, 1.807) is 28.9 Å². The molecule has 0 bridgehead atoms. The lowest BCUT2D eigenvalue weighted by Crippen LogP contribution is -2.38. The number of nitrogens with zero attached hydrogens (tertiary/aromatic N) is 4. The summed E-state index contributed by atoms with van der Waals surface area (Å²) in [5.41, 5.74) is 6.39. The highest BCUT2D eigenvalue weighted by Crippen LogP contribution is 2.43. The van der Waals surface area contributed by atoms with Crippen LogP contribution in [0.1, 0.15) is 41.6 Å². The molecule has 12 heteroatoms. The van der Waals surface area contributed by atoms with E-state index in [2.05, 4.69) is 34.3 Å². The first-order chi connectivity index (χ1) is 23.9. The van der Waals surface area contributed by atoms with Gasteiger partial charge in [-0.2, -0.15) is 4.68 Å². The lowest BCUT2D eigenvalue weighted by Gasteiger charge is -2.41. The monoisotopic (exact) mass is 679 g/mol. The number of hydrogen-bond donors (Lipinski definition) is 3. The van der Waals surface area contributed by atoms with Gasteiger partial charge in [0.25, 0.3) is 0 Å². The first-order valence-electron chi connectivity index (χ1n) is 15.8.